The molecule has 2 aromatic rings. The van der Waals surface area contributed by atoms with Gasteiger partial charge >= 0.3 is 0 Å². The number of hydrogen-bond acceptors (Lipinski definition) is 3. The quantitative estimate of drug-likeness (QED) is 0.494. The maximum Gasteiger partial charge on any atom is 0.0758 e. The van der Waals surface area contributed by atoms with E-state index in [1.807, 2.05) is 24.3 Å². The van der Waals surface area contributed by atoms with Crippen LogP contribution in [0.25, 0.3) is 0 Å². The van der Waals surface area contributed by atoms with Gasteiger partial charge in [0.1, 0.15) is 0 Å². The Hall–Kier alpha value is 0.380. The molecule has 0 amide bonds. The van der Waals surface area contributed by atoms with E-state index in [-0.39, 0.29) is 6.04 Å². The third-order valence-electron chi connectivity index (χ3n) is 2.73. The van der Waals surface area contributed by atoms with Gasteiger partial charge in [-0.2, -0.15) is 0 Å². The summed E-state index contributed by atoms with van der Waals surface area (Å²) in [4.78, 5) is 0. The second-order valence-electron chi connectivity index (χ2n) is 3.90. The van der Waals surface area contributed by atoms with Gasteiger partial charge in [0, 0.05) is 10.0 Å². The van der Waals surface area contributed by atoms with Gasteiger partial charge in [0.25, 0.3) is 0 Å². The SMILES string of the molecule is NNC(Cc1c(Cl)cccc1Cl)c1cc(Br)sc1Br. The zero-order valence-electron chi connectivity index (χ0n) is 9.59. The molecule has 19 heavy (non-hydrogen) atoms. The van der Waals surface area contributed by atoms with Crippen LogP contribution in [0.4, 0.5) is 0 Å². The molecule has 102 valence electrons. The minimum Gasteiger partial charge on any atom is -0.271 e. The highest BCUT2D eigenvalue weighted by molar-refractivity contribution is 9.12. The van der Waals surface area contributed by atoms with E-state index in [9.17, 15) is 0 Å². The number of nitrogens with one attached hydrogen (secondary N) is 1. The Morgan fingerprint density at radius 1 is 1.26 bits per heavy atom. The van der Waals surface area contributed by atoms with Gasteiger partial charge in [0.05, 0.1) is 13.6 Å². The first-order valence-electron chi connectivity index (χ1n) is 5.36. The number of hydrazine groups is 1. The van der Waals surface area contributed by atoms with E-state index < -0.39 is 0 Å². The molecule has 0 saturated heterocycles. The summed E-state index contributed by atoms with van der Waals surface area (Å²) in [5.41, 5.74) is 4.78. The van der Waals surface area contributed by atoms with Gasteiger partial charge in [-0.15, -0.1) is 11.3 Å². The molecule has 0 aliphatic carbocycles. The van der Waals surface area contributed by atoms with E-state index in [0.29, 0.717) is 16.5 Å². The maximum atomic E-state index is 6.19. The van der Waals surface area contributed by atoms with Crippen molar-refractivity contribution in [3.63, 3.8) is 0 Å². The molecule has 2 nitrogen and oxygen atoms in total. The van der Waals surface area contributed by atoms with E-state index in [2.05, 4.69) is 37.3 Å². The van der Waals surface area contributed by atoms with Crippen molar-refractivity contribution in [1.82, 2.24) is 5.43 Å². The third kappa shape index (κ3) is 3.73. The molecule has 0 radical (unpaired) electrons. The minimum atomic E-state index is -0.0608. The molecule has 0 bridgehead atoms. The Kier molecular flexibility index (Phi) is 5.72. The molecule has 0 spiro atoms. The number of nitrogens with two attached hydrogens (primary N) is 1. The average Bonchev–Trinajstić information content (AvgIpc) is 2.68. The number of rotatable bonds is 4. The first kappa shape index (κ1) is 15.8. The second-order valence-corrected chi connectivity index (χ2v) is 8.47. The Morgan fingerprint density at radius 3 is 2.37 bits per heavy atom. The summed E-state index contributed by atoms with van der Waals surface area (Å²) in [7, 11) is 0. The Labute approximate surface area is 142 Å². The van der Waals surface area contributed by atoms with Gasteiger partial charge in [-0.3, -0.25) is 11.3 Å². The summed E-state index contributed by atoms with van der Waals surface area (Å²) in [6, 6.07) is 7.46. The van der Waals surface area contributed by atoms with Crippen molar-refractivity contribution < 1.29 is 0 Å². The van der Waals surface area contributed by atoms with E-state index in [1.165, 1.54) is 0 Å². The summed E-state index contributed by atoms with van der Waals surface area (Å²) in [6.07, 6.45) is 0.622. The minimum absolute atomic E-state index is 0.0608. The molecule has 0 aliphatic heterocycles. The predicted octanol–water partition coefficient (Wildman–Crippen LogP) is 5.33. The van der Waals surface area contributed by atoms with Crippen molar-refractivity contribution >= 4 is 66.4 Å². The Morgan fingerprint density at radius 2 is 1.89 bits per heavy atom. The molecule has 0 aliphatic rings. The maximum absolute atomic E-state index is 6.19. The molecular formula is C12H10Br2Cl2N2S. The fourth-order valence-electron chi connectivity index (χ4n) is 1.78. The van der Waals surface area contributed by atoms with Crippen LogP contribution >= 0.6 is 66.4 Å². The highest BCUT2D eigenvalue weighted by Gasteiger charge is 2.19. The third-order valence-corrected chi connectivity index (χ3v) is 5.82. The van der Waals surface area contributed by atoms with Crippen molar-refractivity contribution in [3.05, 3.63) is 53.0 Å². The summed E-state index contributed by atoms with van der Waals surface area (Å²) < 4.78 is 2.07. The fourth-order valence-corrected chi connectivity index (χ4v) is 5.31. The lowest BCUT2D eigenvalue weighted by Gasteiger charge is -2.17. The van der Waals surface area contributed by atoms with Gasteiger partial charge in [0.15, 0.2) is 0 Å². The van der Waals surface area contributed by atoms with Crippen LogP contribution in [0, 0.1) is 0 Å². The number of benzene rings is 1. The summed E-state index contributed by atoms with van der Waals surface area (Å²) in [5.74, 6) is 5.66. The van der Waals surface area contributed by atoms with Crippen LogP contribution in [-0.2, 0) is 6.42 Å². The lowest BCUT2D eigenvalue weighted by atomic mass is 10.0. The normalized spacial score (nSPS) is 12.7. The van der Waals surface area contributed by atoms with Crippen LogP contribution in [0.2, 0.25) is 10.0 Å². The van der Waals surface area contributed by atoms with E-state index in [0.717, 1.165) is 18.7 Å². The summed E-state index contributed by atoms with van der Waals surface area (Å²) in [6.45, 7) is 0. The predicted molar refractivity (Wildman–Crippen MR) is 89.9 cm³/mol. The highest BCUT2D eigenvalue weighted by atomic mass is 79.9. The van der Waals surface area contributed by atoms with Gasteiger partial charge in [-0.05, 0) is 67.6 Å². The van der Waals surface area contributed by atoms with Gasteiger partial charge < -0.3 is 0 Å². The van der Waals surface area contributed by atoms with Crippen LogP contribution in [0.3, 0.4) is 0 Å². The standard InChI is InChI=1S/C12H10Br2Cl2N2S/c13-11-5-7(12(14)19-11)10(18-17)4-6-8(15)2-1-3-9(6)16/h1-3,5,10,18H,4,17H2. The molecule has 1 aromatic heterocycles. The zero-order chi connectivity index (χ0) is 14.0. The summed E-state index contributed by atoms with van der Waals surface area (Å²) in [5, 5.41) is 1.30. The second kappa shape index (κ2) is 6.89. The van der Waals surface area contributed by atoms with Crippen LogP contribution in [0.15, 0.2) is 31.8 Å². The Balaban J connectivity index is 2.32. The van der Waals surface area contributed by atoms with Gasteiger partial charge in [-0.25, -0.2) is 0 Å². The monoisotopic (exact) mass is 442 g/mol. The molecule has 2 rings (SSSR count). The van der Waals surface area contributed by atoms with Crippen molar-refractivity contribution in [2.75, 3.05) is 0 Å². The van der Waals surface area contributed by atoms with Crippen molar-refractivity contribution in [3.8, 4) is 0 Å². The Bertz CT molecular complexity index is 569. The summed E-state index contributed by atoms with van der Waals surface area (Å²) >= 11 is 21.0. The largest absolute Gasteiger partial charge is 0.271 e. The first-order chi connectivity index (χ1) is 9.02. The zero-order valence-corrected chi connectivity index (χ0v) is 15.1. The number of thiophene rings is 1. The molecule has 1 aromatic carbocycles. The average molecular weight is 445 g/mol. The lowest BCUT2D eigenvalue weighted by Crippen LogP contribution is -2.29. The topological polar surface area (TPSA) is 38.0 Å². The lowest BCUT2D eigenvalue weighted by molar-refractivity contribution is 0.552. The molecular weight excluding hydrogens is 435 g/mol. The molecule has 1 atom stereocenters. The molecule has 0 fully saturated rings. The van der Waals surface area contributed by atoms with Crippen LogP contribution in [-0.4, -0.2) is 0 Å². The molecule has 1 unspecified atom stereocenters. The molecule has 3 N–H and O–H groups in total. The number of hydrogen-bond donors (Lipinski definition) is 2. The van der Waals surface area contributed by atoms with Crippen LogP contribution < -0.4 is 11.3 Å². The van der Waals surface area contributed by atoms with Crippen molar-refractivity contribution in [2.24, 2.45) is 5.84 Å². The molecule has 1 heterocycles. The van der Waals surface area contributed by atoms with E-state index >= 15 is 0 Å². The van der Waals surface area contributed by atoms with Crippen molar-refractivity contribution in [1.29, 1.82) is 0 Å². The highest BCUT2D eigenvalue weighted by Crippen LogP contribution is 2.37. The smallest absolute Gasteiger partial charge is 0.0758 e. The van der Waals surface area contributed by atoms with E-state index in [4.69, 9.17) is 29.0 Å². The van der Waals surface area contributed by atoms with Gasteiger partial charge in [0.2, 0.25) is 0 Å². The van der Waals surface area contributed by atoms with E-state index in [1.54, 1.807) is 11.3 Å². The first-order valence-corrected chi connectivity index (χ1v) is 8.52. The van der Waals surface area contributed by atoms with Crippen molar-refractivity contribution in [2.45, 2.75) is 12.5 Å². The van der Waals surface area contributed by atoms with Crippen LogP contribution in [0.1, 0.15) is 17.2 Å². The molecule has 0 saturated carbocycles. The van der Waals surface area contributed by atoms with Crippen LogP contribution in [0.5, 0.6) is 0 Å². The fraction of sp³-hybridized carbons (Fsp3) is 0.167. The molecule has 7 heteroatoms. The van der Waals surface area contributed by atoms with Gasteiger partial charge in [-0.1, -0.05) is 29.3 Å². The number of halogens is 4.